The van der Waals surface area contributed by atoms with Gasteiger partial charge in [0.15, 0.2) is 0 Å². The first-order valence-corrected chi connectivity index (χ1v) is 4.76. The predicted molar refractivity (Wildman–Crippen MR) is 56.9 cm³/mol. The highest BCUT2D eigenvalue weighted by Gasteiger charge is 2.03. The topological polar surface area (TPSA) is 30.5 Å². The molecule has 3 nitrogen and oxygen atoms in total. The van der Waals surface area contributed by atoms with Gasteiger partial charge in [-0.15, -0.1) is 0 Å². The SMILES string of the molecule is CCOc1cc(OC)ccc1CNC. The van der Waals surface area contributed by atoms with Gasteiger partial charge in [-0.05, 0) is 20.0 Å². The molecule has 0 heterocycles. The summed E-state index contributed by atoms with van der Waals surface area (Å²) in [5, 5.41) is 3.10. The number of methoxy groups -OCH3 is 1. The molecule has 0 atom stereocenters. The van der Waals surface area contributed by atoms with Gasteiger partial charge in [0.25, 0.3) is 0 Å². The second-order valence-corrected chi connectivity index (χ2v) is 2.94. The van der Waals surface area contributed by atoms with Crippen molar-refractivity contribution in [3.63, 3.8) is 0 Å². The van der Waals surface area contributed by atoms with Crippen LogP contribution >= 0.6 is 0 Å². The minimum absolute atomic E-state index is 0.671. The molecule has 1 aromatic carbocycles. The molecule has 78 valence electrons. The molecule has 0 saturated carbocycles. The third-order valence-corrected chi connectivity index (χ3v) is 1.94. The lowest BCUT2D eigenvalue weighted by molar-refractivity contribution is 0.332. The number of hydrogen-bond donors (Lipinski definition) is 1. The van der Waals surface area contributed by atoms with Crippen molar-refractivity contribution in [1.82, 2.24) is 5.32 Å². The lowest BCUT2D eigenvalue weighted by Gasteiger charge is -2.11. The number of ether oxygens (including phenoxy) is 2. The molecule has 0 aromatic heterocycles. The Morgan fingerprint density at radius 2 is 2.14 bits per heavy atom. The van der Waals surface area contributed by atoms with Crippen molar-refractivity contribution in [3.8, 4) is 11.5 Å². The number of hydrogen-bond acceptors (Lipinski definition) is 3. The van der Waals surface area contributed by atoms with Crippen LogP contribution in [-0.4, -0.2) is 20.8 Å². The molecule has 0 bridgehead atoms. The van der Waals surface area contributed by atoms with E-state index in [2.05, 4.69) is 5.32 Å². The molecule has 1 rings (SSSR count). The maximum Gasteiger partial charge on any atom is 0.127 e. The zero-order chi connectivity index (χ0) is 10.4. The highest BCUT2D eigenvalue weighted by molar-refractivity contribution is 5.40. The largest absolute Gasteiger partial charge is 0.497 e. The van der Waals surface area contributed by atoms with Crippen molar-refractivity contribution in [2.24, 2.45) is 0 Å². The average Bonchev–Trinajstić information content (AvgIpc) is 2.21. The molecular formula is C11H17NO2. The summed E-state index contributed by atoms with van der Waals surface area (Å²) in [5.41, 5.74) is 1.15. The summed E-state index contributed by atoms with van der Waals surface area (Å²) in [4.78, 5) is 0. The van der Waals surface area contributed by atoms with Crippen LogP contribution in [-0.2, 0) is 6.54 Å². The zero-order valence-corrected chi connectivity index (χ0v) is 8.96. The molecule has 0 unspecified atom stereocenters. The average molecular weight is 195 g/mol. The summed E-state index contributed by atoms with van der Waals surface area (Å²) in [6, 6.07) is 5.87. The first-order valence-electron chi connectivity index (χ1n) is 4.76. The first kappa shape index (κ1) is 10.9. The zero-order valence-electron chi connectivity index (χ0n) is 8.96. The van der Waals surface area contributed by atoms with E-state index in [1.165, 1.54) is 0 Å². The van der Waals surface area contributed by atoms with Crippen LogP contribution in [0.1, 0.15) is 12.5 Å². The Labute approximate surface area is 85.0 Å². The van der Waals surface area contributed by atoms with Gasteiger partial charge in [-0.25, -0.2) is 0 Å². The minimum Gasteiger partial charge on any atom is -0.497 e. The third-order valence-electron chi connectivity index (χ3n) is 1.94. The maximum absolute atomic E-state index is 5.51. The highest BCUT2D eigenvalue weighted by Crippen LogP contribution is 2.24. The van der Waals surface area contributed by atoms with Gasteiger partial charge in [-0.2, -0.15) is 0 Å². The predicted octanol–water partition coefficient (Wildman–Crippen LogP) is 1.81. The van der Waals surface area contributed by atoms with Crippen LogP contribution in [0.2, 0.25) is 0 Å². The minimum atomic E-state index is 0.671. The van der Waals surface area contributed by atoms with E-state index in [-0.39, 0.29) is 0 Å². The number of nitrogens with one attached hydrogen (secondary N) is 1. The Bertz CT molecular complexity index is 287. The first-order chi connectivity index (χ1) is 6.81. The van der Waals surface area contributed by atoms with Gasteiger partial charge in [-0.1, -0.05) is 6.07 Å². The van der Waals surface area contributed by atoms with Crippen LogP contribution in [0.3, 0.4) is 0 Å². The van der Waals surface area contributed by atoms with Gasteiger partial charge in [0.2, 0.25) is 0 Å². The van der Waals surface area contributed by atoms with Crippen LogP contribution in [0.4, 0.5) is 0 Å². The monoisotopic (exact) mass is 195 g/mol. The summed E-state index contributed by atoms with van der Waals surface area (Å²) in [6.07, 6.45) is 0. The summed E-state index contributed by atoms with van der Waals surface area (Å²) in [7, 11) is 3.57. The fraction of sp³-hybridized carbons (Fsp3) is 0.455. The molecule has 1 aromatic rings. The van der Waals surface area contributed by atoms with Crippen molar-refractivity contribution in [3.05, 3.63) is 23.8 Å². The van der Waals surface area contributed by atoms with E-state index in [0.717, 1.165) is 23.6 Å². The molecule has 0 aliphatic heterocycles. The van der Waals surface area contributed by atoms with Gasteiger partial charge in [0, 0.05) is 18.2 Å². The normalized spacial score (nSPS) is 9.93. The quantitative estimate of drug-likeness (QED) is 0.777. The Kier molecular flexibility index (Phi) is 4.26. The molecule has 0 radical (unpaired) electrons. The smallest absolute Gasteiger partial charge is 0.127 e. The standard InChI is InChI=1S/C11H17NO2/c1-4-14-11-7-10(13-3)6-5-9(11)8-12-2/h5-7,12H,4,8H2,1-3H3. The molecule has 0 fully saturated rings. The van der Waals surface area contributed by atoms with E-state index in [0.29, 0.717) is 6.61 Å². The van der Waals surface area contributed by atoms with Crippen molar-refractivity contribution < 1.29 is 9.47 Å². The van der Waals surface area contributed by atoms with E-state index >= 15 is 0 Å². The Morgan fingerprint density at radius 1 is 1.36 bits per heavy atom. The fourth-order valence-corrected chi connectivity index (χ4v) is 1.29. The number of rotatable bonds is 5. The van der Waals surface area contributed by atoms with Crippen LogP contribution in [0.25, 0.3) is 0 Å². The van der Waals surface area contributed by atoms with Crippen molar-refractivity contribution in [2.75, 3.05) is 20.8 Å². The Hall–Kier alpha value is -1.22. The van der Waals surface area contributed by atoms with E-state index in [1.807, 2.05) is 32.2 Å². The molecule has 0 saturated heterocycles. The van der Waals surface area contributed by atoms with Crippen LogP contribution in [0, 0.1) is 0 Å². The van der Waals surface area contributed by atoms with E-state index in [4.69, 9.17) is 9.47 Å². The number of benzene rings is 1. The third kappa shape index (κ3) is 2.64. The molecule has 1 N–H and O–H groups in total. The van der Waals surface area contributed by atoms with Gasteiger partial charge >= 0.3 is 0 Å². The molecule has 0 aliphatic carbocycles. The Morgan fingerprint density at radius 3 is 2.71 bits per heavy atom. The molecule has 0 aliphatic rings. The van der Waals surface area contributed by atoms with Crippen LogP contribution in [0.5, 0.6) is 11.5 Å². The lowest BCUT2D eigenvalue weighted by atomic mass is 10.2. The van der Waals surface area contributed by atoms with E-state index in [1.54, 1.807) is 7.11 Å². The van der Waals surface area contributed by atoms with Gasteiger partial charge in [-0.3, -0.25) is 0 Å². The van der Waals surface area contributed by atoms with E-state index in [9.17, 15) is 0 Å². The van der Waals surface area contributed by atoms with Crippen molar-refractivity contribution in [1.29, 1.82) is 0 Å². The van der Waals surface area contributed by atoms with Gasteiger partial charge in [0.05, 0.1) is 13.7 Å². The van der Waals surface area contributed by atoms with Crippen LogP contribution in [0.15, 0.2) is 18.2 Å². The summed E-state index contributed by atoms with van der Waals surface area (Å²) in [6.45, 7) is 3.45. The summed E-state index contributed by atoms with van der Waals surface area (Å²) < 4.78 is 10.6. The molecule has 14 heavy (non-hydrogen) atoms. The molecule has 3 heteroatoms. The fourth-order valence-electron chi connectivity index (χ4n) is 1.29. The molecular weight excluding hydrogens is 178 g/mol. The van der Waals surface area contributed by atoms with E-state index < -0.39 is 0 Å². The van der Waals surface area contributed by atoms with Gasteiger partial charge in [0.1, 0.15) is 11.5 Å². The lowest BCUT2D eigenvalue weighted by Crippen LogP contribution is -2.07. The summed E-state index contributed by atoms with van der Waals surface area (Å²) >= 11 is 0. The molecule has 0 spiro atoms. The highest BCUT2D eigenvalue weighted by atomic mass is 16.5. The van der Waals surface area contributed by atoms with Gasteiger partial charge < -0.3 is 14.8 Å². The van der Waals surface area contributed by atoms with Crippen LogP contribution < -0.4 is 14.8 Å². The second-order valence-electron chi connectivity index (χ2n) is 2.94. The molecule has 0 amide bonds. The Balaban J connectivity index is 2.91. The maximum atomic E-state index is 5.51. The second kappa shape index (κ2) is 5.50. The van der Waals surface area contributed by atoms with Crippen molar-refractivity contribution >= 4 is 0 Å². The summed E-state index contributed by atoms with van der Waals surface area (Å²) in [5.74, 6) is 1.72. The van der Waals surface area contributed by atoms with Crippen molar-refractivity contribution in [2.45, 2.75) is 13.5 Å².